The minimum atomic E-state index is 0.707. The molecule has 1 N–H and O–H groups in total. The molecule has 1 fully saturated rings. The average Bonchev–Trinajstić information content (AvgIpc) is 3.36. The van der Waals surface area contributed by atoms with Crippen molar-refractivity contribution < 1.29 is 4.74 Å². The molecule has 0 radical (unpaired) electrons. The van der Waals surface area contributed by atoms with Crippen molar-refractivity contribution in [3.63, 3.8) is 0 Å². The van der Waals surface area contributed by atoms with Gasteiger partial charge < -0.3 is 14.6 Å². The molecule has 5 rings (SSSR count). The van der Waals surface area contributed by atoms with E-state index >= 15 is 0 Å². The molecule has 0 atom stereocenters. The van der Waals surface area contributed by atoms with Crippen LogP contribution in [0.25, 0.3) is 21.9 Å². The number of H-pyrrole nitrogens is 1. The lowest BCUT2D eigenvalue weighted by Crippen LogP contribution is -2.19. The van der Waals surface area contributed by atoms with Crippen molar-refractivity contribution in [2.45, 2.75) is 12.8 Å². The molecule has 2 aromatic heterocycles. The van der Waals surface area contributed by atoms with Gasteiger partial charge in [-0.2, -0.15) is 0 Å². The highest BCUT2D eigenvalue weighted by molar-refractivity contribution is 9.10. The van der Waals surface area contributed by atoms with Gasteiger partial charge in [0.05, 0.1) is 7.11 Å². The summed E-state index contributed by atoms with van der Waals surface area (Å²) in [7, 11) is 1.70. The van der Waals surface area contributed by atoms with Gasteiger partial charge in [0.15, 0.2) is 16.2 Å². The molecule has 0 spiro atoms. The maximum atomic E-state index is 5.23. The molecule has 1 aliphatic heterocycles. The van der Waals surface area contributed by atoms with E-state index in [9.17, 15) is 0 Å². The van der Waals surface area contributed by atoms with E-state index in [4.69, 9.17) is 4.74 Å². The van der Waals surface area contributed by atoms with Crippen molar-refractivity contribution >= 4 is 43.7 Å². The predicted octanol–water partition coefficient (Wildman–Crippen LogP) is 4.56. The zero-order valence-corrected chi connectivity index (χ0v) is 16.6. The number of fused-ring (bicyclic) bond motifs is 2. The highest BCUT2D eigenvalue weighted by atomic mass is 79.9. The maximum Gasteiger partial charge on any atom is 0.183 e. The van der Waals surface area contributed by atoms with Crippen LogP contribution >= 0.6 is 15.9 Å². The van der Waals surface area contributed by atoms with Gasteiger partial charge >= 0.3 is 0 Å². The molecule has 2 aromatic carbocycles. The van der Waals surface area contributed by atoms with E-state index in [1.807, 2.05) is 24.3 Å². The zero-order chi connectivity index (χ0) is 18.6. The van der Waals surface area contributed by atoms with E-state index in [1.165, 1.54) is 23.6 Å². The van der Waals surface area contributed by atoms with Crippen LogP contribution in [0.3, 0.4) is 0 Å². The van der Waals surface area contributed by atoms with Crippen molar-refractivity contribution in [2.75, 3.05) is 25.1 Å². The molecular weight excluding hydrogens is 406 g/mol. The lowest BCUT2D eigenvalue weighted by Gasteiger charge is -2.15. The molecule has 0 saturated carbocycles. The first-order valence-electron chi connectivity index (χ1n) is 8.89. The van der Waals surface area contributed by atoms with Gasteiger partial charge in [-0.1, -0.05) is 36.4 Å². The van der Waals surface area contributed by atoms with Crippen LogP contribution in [0.2, 0.25) is 0 Å². The first-order chi connectivity index (χ1) is 13.3. The van der Waals surface area contributed by atoms with Gasteiger partial charge in [0.2, 0.25) is 0 Å². The third-order valence-electron chi connectivity index (χ3n) is 4.61. The number of ether oxygens (including phenoxy) is 1. The van der Waals surface area contributed by atoms with Gasteiger partial charge in [0.1, 0.15) is 17.6 Å². The molecule has 0 amide bonds. The molecular formula is C20H20BrN5O. The summed E-state index contributed by atoms with van der Waals surface area (Å²) in [5, 5.41) is 2.39. The number of aromatic nitrogens is 4. The summed E-state index contributed by atoms with van der Waals surface area (Å²) in [5.74, 6) is 1.91. The molecule has 1 aliphatic rings. The number of hydrogen-bond acceptors (Lipinski definition) is 5. The summed E-state index contributed by atoms with van der Waals surface area (Å²) in [6.07, 6.45) is 4.05. The molecule has 138 valence electrons. The SMILES string of the molecule is Brc1nc2ncnc(N3CCCC3)c2[nH]1.COc1cccc2ccccc12. The van der Waals surface area contributed by atoms with Crippen LogP contribution in [0, 0.1) is 0 Å². The van der Waals surface area contributed by atoms with Crippen molar-refractivity contribution in [1.82, 2.24) is 19.9 Å². The summed E-state index contributed by atoms with van der Waals surface area (Å²) in [5.41, 5.74) is 1.64. The molecule has 0 unspecified atom stereocenters. The second-order valence-corrected chi connectivity index (χ2v) is 7.05. The molecule has 6 nitrogen and oxygen atoms in total. The number of halogens is 1. The predicted molar refractivity (Wildman–Crippen MR) is 111 cm³/mol. The molecule has 27 heavy (non-hydrogen) atoms. The van der Waals surface area contributed by atoms with Gasteiger partial charge in [-0.3, -0.25) is 0 Å². The quantitative estimate of drug-likeness (QED) is 0.476. The van der Waals surface area contributed by atoms with E-state index in [1.54, 1.807) is 13.4 Å². The fraction of sp³-hybridized carbons (Fsp3) is 0.250. The Morgan fingerprint density at radius 1 is 1.04 bits per heavy atom. The van der Waals surface area contributed by atoms with Crippen molar-refractivity contribution in [2.24, 2.45) is 0 Å². The Balaban J connectivity index is 0.000000137. The zero-order valence-electron chi connectivity index (χ0n) is 15.0. The number of aromatic amines is 1. The molecule has 7 heteroatoms. The third kappa shape index (κ3) is 3.73. The number of nitrogens with zero attached hydrogens (tertiary/aromatic N) is 4. The van der Waals surface area contributed by atoms with Crippen LogP contribution in [0.15, 0.2) is 53.5 Å². The Morgan fingerprint density at radius 2 is 1.81 bits per heavy atom. The normalized spacial score (nSPS) is 13.6. The number of nitrogens with one attached hydrogen (secondary N) is 1. The Kier molecular flexibility index (Phi) is 5.20. The topological polar surface area (TPSA) is 66.9 Å². The molecule has 1 saturated heterocycles. The number of methoxy groups -OCH3 is 1. The maximum absolute atomic E-state index is 5.23. The largest absolute Gasteiger partial charge is 0.496 e. The average molecular weight is 426 g/mol. The number of hydrogen-bond donors (Lipinski definition) is 1. The summed E-state index contributed by atoms with van der Waals surface area (Å²) in [6.45, 7) is 2.14. The van der Waals surface area contributed by atoms with E-state index in [0.717, 1.165) is 35.8 Å². The van der Waals surface area contributed by atoms with Gasteiger partial charge in [-0.05, 0) is 40.2 Å². The fourth-order valence-electron chi connectivity index (χ4n) is 3.33. The highest BCUT2D eigenvalue weighted by Gasteiger charge is 2.18. The first-order valence-corrected chi connectivity index (χ1v) is 9.68. The van der Waals surface area contributed by atoms with Crippen LogP contribution in [-0.4, -0.2) is 40.1 Å². The van der Waals surface area contributed by atoms with E-state index < -0.39 is 0 Å². The van der Waals surface area contributed by atoms with E-state index in [-0.39, 0.29) is 0 Å². The second-order valence-electron chi connectivity index (χ2n) is 6.30. The fourth-order valence-corrected chi connectivity index (χ4v) is 3.70. The third-order valence-corrected chi connectivity index (χ3v) is 4.99. The molecule has 0 bridgehead atoms. The van der Waals surface area contributed by atoms with E-state index in [0.29, 0.717) is 4.73 Å². The number of benzene rings is 2. The Bertz CT molecular complexity index is 1050. The lowest BCUT2D eigenvalue weighted by atomic mass is 10.1. The lowest BCUT2D eigenvalue weighted by molar-refractivity contribution is 0.420. The second kappa shape index (κ2) is 7.92. The van der Waals surface area contributed by atoms with E-state index in [2.05, 4.69) is 59.0 Å². The smallest absolute Gasteiger partial charge is 0.183 e. The van der Waals surface area contributed by atoms with Crippen LogP contribution in [-0.2, 0) is 0 Å². The molecule has 4 aromatic rings. The first kappa shape index (κ1) is 17.7. The standard InChI is InChI=1S/C11H10O.C9H10BrN5/c1-12-11-8-4-6-9-5-2-3-7-10(9)11;10-9-13-6-7(14-9)11-5-12-8(6)15-3-1-2-4-15/h2-8H,1H3;5H,1-4H2,(H,11,12,13,14). The van der Waals surface area contributed by atoms with Crippen LogP contribution < -0.4 is 9.64 Å². The number of anilines is 1. The Morgan fingerprint density at radius 3 is 2.63 bits per heavy atom. The van der Waals surface area contributed by atoms with Crippen LogP contribution in [0.1, 0.15) is 12.8 Å². The van der Waals surface area contributed by atoms with Gasteiger partial charge in [0, 0.05) is 18.5 Å². The van der Waals surface area contributed by atoms with Crippen LogP contribution in [0.5, 0.6) is 5.75 Å². The van der Waals surface area contributed by atoms with Crippen molar-refractivity contribution in [3.8, 4) is 5.75 Å². The van der Waals surface area contributed by atoms with Crippen LogP contribution in [0.4, 0.5) is 5.82 Å². The molecule has 3 heterocycles. The summed E-state index contributed by atoms with van der Waals surface area (Å²) >= 11 is 3.31. The van der Waals surface area contributed by atoms with Crippen molar-refractivity contribution in [1.29, 1.82) is 0 Å². The minimum absolute atomic E-state index is 0.707. The Labute approximate surface area is 165 Å². The Hall–Kier alpha value is -2.67. The van der Waals surface area contributed by atoms with Gasteiger partial charge in [-0.15, -0.1) is 0 Å². The van der Waals surface area contributed by atoms with Gasteiger partial charge in [-0.25, -0.2) is 15.0 Å². The number of rotatable bonds is 2. The summed E-state index contributed by atoms with van der Waals surface area (Å²) in [6, 6.07) is 14.2. The monoisotopic (exact) mass is 425 g/mol. The van der Waals surface area contributed by atoms with Gasteiger partial charge in [0.25, 0.3) is 0 Å². The highest BCUT2D eigenvalue weighted by Crippen LogP contribution is 2.25. The number of imidazole rings is 1. The molecule has 0 aliphatic carbocycles. The summed E-state index contributed by atoms with van der Waals surface area (Å²) in [4.78, 5) is 18.1. The minimum Gasteiger partial charge on any atom is -0.496 e. The van der Waals surface area contributed by atoms with Crippen molar-refractivity contribution in [3.05, 3.63) is 53.5 Å². The summed E-state index contributed by atoms with van der Waals surface area (Å²) < 4.78 is 5.93.